The molecule has 7 nitrogen and oxygen atoms in total. The Kier molecular flexibility index (Phi) is 13.4. The molecular weight excluding hydrogens is 717 g/mol. The van der Waals surface area contributed by atoms with Gasteiger partial charge >= 0.3 is 0 Å². The van der Waals surface area contributed by atoms with Gasteiger partial charge in [-0.25, -0.2) is 4.98 Å². The van der Waals surface area contributed by atoms with Crippen molar-refractivity contribution in [2.75, 3.05) is 32.7 Å². The Morgan fingerprint density at radius 1 is 0.796 bits per heavy atom. The van der Waals surface area contributed by atoms with Crippen LogP contribution in [0.4, 0.5) is 0 Å². The highest BCUT2D eigenvalue weighted by molar-refractivity contribution is 6.32. The maximum Gasteiger partial charge on any atom is 0.219 e. The molecule has 0 amide bonds. The molecule has 280 valence electrons. The lowest BCUT2D eigenvalue weighted by Crippen LogP contribution is -2.46. The number of piperazine rings is 1. The van der Waals surface area contributed by atoms with Crippen molar-refractivity contribution in [2.45, 2.75) is 53.4 Å². The minimum absolute atomic E-state index is 0.334. The van der Waals surface area contributed by atoms with Gasteiger partial charge in [0.15, 0.2) is 5.75 Å². The van der Waals surface area contributed by atoms with Gasteiger partial charge in [0.05, 0.1) is 11.2 Å². The molecule has 54 heavy (non-hydrogen) atoms. The van der Waals surface area contributed by atoms with Crippen LogP contribution in [0, 0.1) is 6.92 Å². The molecule has 0 atom stereocenters. The molecule has 0 saturated carbocycles. The van der Waals surface area contributed by atoms with E-state index in [9.17, 15) is 4.79 Å². The normalized spacial score (nSPS) is 14.1. The van der Waals surface area contributed by atoms with Gasteiger partial charge in [-0.05, 0) is 95.1 Å². The van der Waals surface area contributed by atoms with E-state index in [4.69, 9.17) is 37.4 Å². The predicted molar refractivity (Wildman–Crippen MR) is 218 cm³/mol. The Morgan fingerprint density at radius 3 is 2.11 bits per heavy atom. The Labute approximate surface area is 329 Å². The van der Waals surface area contributed by atoms with Crippen LogP contribution in [0.5, 0.6) is 23.1 Å². The SMILES string of the molecule is C/C(C=O)=C(\CN1CCN(Cc2ccc(COc3ccc(C(C)C)cc3)cc2)CC1)c1cc(C)c(Oc2ccc(OCc3ccccc3Cl)cn2)c(Cl)c1. The van der Waals surface area contributed by atoms with Gasteiger partial charge in [-0.2, -0.15) is 0 Å². The van der Waals surface area contributed by atoms with Gasteiger partial charge in [0.2, 0.25) is 5.88 Å². The quantitative estimate of drug-likeness (QED) is 0.0777. The van der Waals surface area contributed by atoms with E-state index in [0.717, 1.165) is 72.6 Å². The summed E-state index contributed by atoms with van der Waals surface area (Å²) in [7, 11) is 0. The lowest BCUT2D eigenvalue weighted by Gasteiger charge is -2.35. The summed E-state index contributed by atoms with van der Waals surface area (Å²) >= 11 is 13.1. The zero-order valence-electron chi connectivity index (χ0n) is 31.4. The highest BCUT2D eigenvalue weighted by Crippen LogP contribution is 2.36. The van der Waals surface area contributed by atoms with E-state index in [-0.39, 0.29) is 0 Å². The van der Waals surface area contributed by atoms with Crippen LogP contribution in [0.1, 0.15) is 60.1 Å². The fourth-order valence-corrected chi connectivity index (χ4v) is 6.88. The van der Waals surface area contributed by atoms with Gasteiger partial charge < -0.3 is 14.2 Å². The first kappa shape index (κ1) is 39.0. The van der Waals surface area contributed by atoms with Crippen molar-refractivity contribution < 1.29 is 19.0 Å². The molecule has 0 bridgehead atoms. The number of aldehydes is 1. The van der Waals surface area contributed by atoms with Gasteiger partial charge in [-0.15, -0.1) is 0 Å². The van der Waals surface area contributed by atoms with E-state index in [1.807, 2.05) is 62.4 Å². The molecule has 9 heteroatoms. The average molecular weight is 765 g/mol. The maximum atomic E-state index is 12.1. The van der Waals surface area contributed by atoms with Crippen molar-refractivity contribution in [2.24, 2.45) is 0 Å². The number of hydrogen-bond acceptors (Lipinski definition) is 7. The third-order valence-electron chi connectivity index (χ3n) is 9.73. The summed E-state index contributed by atoms with van der Waals surface area (Å²) in [6, 6.07) is 32.1. The molecule has 0 radical (unpaired) electrons. The van der Waals surface area contributed by atoms with Gasteiger partial charge in [0, 0.05) is 55.9 Å². The first-order valence-electron chi connectivity index (χ1n) is 18.4. The molecule has 1 aromatic heterocycles. The standard InChI is InChI=1S/C45H47Cl2N3O4/c1-31(2)36-13-15-39(16-14-36)52-29-35-11-9-34(10-12-35)26-49-19-21-50(22-20-49)27-41(33(4)28-51)38-23-32(3)45(43(47)24-38)54-44-18-17-40(25-48-44)53-30-37-7-5-6-8-42(37)46/h5-18,23-25,28,31H,19-22,26-27,29-30H2,1-4H3/b41-33-. The predicted octanol–water partition coefficient (Wildman–Crippen LogP) is 10.6. The topological polar surface area (TPSA) is 64.1 Å². The number of allylic oxidation sites excluding steroid dienone is 1. The van der Waals surface area contributed by atoms with E-state index in [1.165, 1.54) is 11.1 Å². The number of halogens is 2. The second-order valence-electron chi connectivity index (χ2n) is 14.1. The van der Waals surface area contributed by atoms with Crippen LogP contribution in [0.3, 0.4) is 0 Å². The minimum Gasteiger partial charge on any atom is -0.489 e. The van der Waals surface area contributed by atoms with Crippen LogP contribution >= 0.6 is 23.2 Å². The molecule has 1 fully saturated rings. The van der Waals surface area contributed by atoms with E-state index in [2.05, 4.69) is 65.0 Å². The zero-order chi connectivity index (χ0) is 38.0. The summed E-state index contributed by atoms with van der Waals surface area (Å²) in [5.41, 5.74) is 8.04. The van der Waals surface area contributed by atoms with Crippen molar-refractivity contribution in [3.05, 3.63) is 152 Å². The first-order chi connectivity index (χ1) is 26.1. The lowest BCUT2D eigenvalue weighted by molar-refractivity contribution is -0.104. The third kappa shape index (κ3) is 10.5. The Hall–Kier alpha value is -4.66. The lowest BCUT2D eigenvalue weighted by atomic mass is 9.98. The molecule has 6 rings (SSSR count). The molecule has 5 aromatic rings. The molecule has 0 unspecified atom stereocenters. The first-order valence-corrected chi connectivity index (χ1v) is 19.1. The number of ether oxygens (including phenoxy) is 3. The van der Waals surface area contributed by atoms with Gasteiger partial charge in [-0.3, -0.25) is 14.6 Å². The molecule has 1 aliphatic heterocycles. The smallest absolute Gasteiger partial charge is 0.219 e. The monoisotopic (exact) mass is 763 g/mol. The van der Waals surface area contributed by atoms with Crippen LogP contribution in [0.15, 0.2) is 109 Å². The highest BCUT2D eigenvalue weighted by atomic mass is 35.5. The molecule has 0 N–H and O–H groups in total. The summed E-state index contributed by atoms with van der Waals surface area (Å²) in [5.74, 6) is 2.91. The number of aryl methyl sites for hydroxylation is 1. The summed E-state index contributed by atoms with van der Waals surface area (Å²) in [5, 5.41) is 1.10. The van der Waals surface area contributed by atoms with E-state index < -0.39 is 0 Å². The van der Waals surface area contributed by atoms with E-state index in [1.54, 1.807) is 18.3 Å². The number of carbonyl (C=O) groups is 1. The highest BCUT2D eigenvalue weighted by Gasteiger charge is 2.21. The zero-order valence-corrected chi connectivity index (χ0v) is 32.9. The third-order valence-corrected chi connectivity index (χ3v) is 10.4. The second-order valence-corrected chi connectivity index (χ2v) is 14.9. The minimum atomic E-state index is 0.334. The largest absolute Gasteiger partial charge is 0.489 e. The number of carbonyl (C=O) groups excluding carboxylic acids is 1. The Balaban J connectivity index is 1.00. The Bertz CT molecular complexity index is 2020. The van der Waals surface area contributed by atoms with E-state index in [0.29, 0.717) is 58.7 Å². The van der Waals surface area contributed by atoms with Crippen LogP contribution in [-0.2, 0) is 24.6 Å². The van der Waals surface area contributed by atoms with Crippen molar-refractivity contribution >= 4 is 35.1 Å². The summed E-state index contributed by atoms with van der Waals surface area (Å²) < 4.78 is 18.0. The summed E-state index contributed by atoms with van der Waals surface area (Å²) in [4.78, 5) is 21.4. The summed E-state index contributed by atoms with van der Waals surface area (Å²) in [6.45, 7) is 14.3. The van der Waals surface area contributed by atoms with Gasteiger partial charge in [-0.1, -0.05) is 91.6 Å². The van der Waals surface area contributed by atoms with E-state index >= 15 is 0 Å². The number of benzene rings is 4. The van der Waals surface area contributed by atoms with Crippen LogP contribution in [-0.4, -0.2) is 53.8 Å². The number of nitrogens with zero attached hydrogens (tertiary/aromatic N) is 3. The fraction of sp³-hybridized carbons (Fsp3) is 0.289. The second kappa shape index (κ2) is 18.6. The number of pyridine rings is 1. The molecule has 2 heterocycles. The fourth-order valence-electron chi connectivity index (χ4n) is 6.39. The van der Waals surface area contributed by atoms with Crippen molar-refractivity contribution in [1.82, 2.24) is 14.8 Å². The molecular formula is C45H47Cl2N3O4. The van der Waals surface area contributed by atoms with Crippen LogP contribution in [0.25, 0.3) is 5.57 Å². The molecule has 1 aliphatic rings. The van der Waals surface area contributed by atoms with Crippen LogP contribution in [0.2, 0.25) is 10.0 Å². The maximum absolute atomic E-state index is 12.1. The van der Waals surface area contributed by atoms with Crippen LogP contribution < -0.4 is 14.2 Å². The number of hydrogen-bond donors (Lipinski definition) is 0. The number of aromatic nitrogens is 1. The number of rotatable bonds is 15. The molecule has 4 aromatic carbocycles. The van der Waals surface area contributed by atoms with Crippen molar-refractivity contribution in [3.8, 4) is 23.1 Å². The van der Waals surface area contributed by atoms with Crippen molar-refractivity contribution in [1.29, 1.82) is 0 Å². The van der Waals surface area contributed by atoms with Gasteiger partial charge in [0.1, 0.15) is 31.0 Å². The average Bonchev–Trinajstić information content (AvgIpc) is 3.18. The Morgan fingerprint density at radius 2 is 1.46 bits per heavy atom. The van der Waals surface area contributed by atoms with Crippen molar-refractivity contribution in [3.63, 3.8) is 0 Å². The van der Waals surface area contributed by atoms with Gasteiger partial charge in [0.25, 0.3) is 0 Å². The molecule has 0 aliphatic carbocycles. The summed E-state index contributed by atoms with van der Waals surface area (Å²) in [6.07, 6.45) is 2.54. The molecule has 0 spiro atoms. The molecule has 1 saturated heterocycles.